The number of anilines is 1. The molecule has 1 spiro atoms. The normalized spacial score (nSPS) is 14.4. The fourth-order valence-electron chi connectivity index (χ4n) is 9.83. The standard InChI is InChI=1S/C38H30.C14H14.C6H7N.C2H6/c1-37(2)33-15-7-9-17-35(33)38(36-18-10-8-16-34(36)37)31-14-6-5-13-29(31)30-24-28(21-22-32(30)38)27-20-19-25-11-3-4-12-26(25)23-27;1-12-6-5-9-14(10-12)11-13-7-3-2-4-8-13;7-6-4-2-1-3-5-6;1-2/h3-5,7-13,15-24H,6,14H2,1-2H3;2-10H,11H2,1H3;1-5H,7H2;1-2H3. The minimum Gasteiger partial charge on any atom is -0.399 e. The van der Waals surface area contributed by atoms with Gasteiger partial charge in [-0.25, -0.2) is 0 Å². The molecule has 3 aliphatic carbocycles. The maximum Gasteiger partial charge on any atom is 0.0682 e. The zero-order chi connectivity index (χ0) is 42.4. The summed E-state index contributed by atoms with van der Waals surface area (Å²) in [5.74, 6) is 0. The van der Waals surface area contributed by atoms with Gasteiger partial charge in [0.05, 0.1) is 5.41 Å². The molecule has 61 heavy (non-hydrogen) atoms. The first-order valence-electron chi connectivity index (χ1n) is 22.0. The fraction of sp³-hybridized carbons (Fsp3) is 0.167. The molecular formula is C60H57N. The molecule has 1 heteroatoms. The number of hydrogen-bond acceptors (Lipinski definition) is 1. The van der Waals surface area contributed by atoms with E-state index in [1.807, 2.05) is 44.2 Å². The van der Waals surface area contributed by atoms with Crippen LogP contribution in [0.4, 0.5) is 5.69 Å². The molecule has 0 aliphatic heterocycles. The van der Waals surface area contributed by atoms with Gasteiger partial charge in [-0.05, 0) is 128 Å². The van der Waals surface area contributed by atoms with E-state index in [9.17, 15) is 0 Å². The molecule has 8 aromatic carbocycles. The molecule has 0 amide bonds. The molecular weight excluding hydrogens is 735 g/mol. The molecule has 3 aliphatic rings. The SMILES string of the molecule is CC.CC1(C)c2ccccc2C2(C3=C(C=CCC3)c3cc(-c4ccc5ccccc5c4)ccc32)c2ccccc21.Cc1cccc(Cc2ccccc2)c1.Nc1ccccc1. The lowest BCUT2D eigenvalue weighted by atomic mass is 9.54. The number of rotatable bonds is 3. The predicted molar refractivity (Wildman–Crippen MR) is 262 cm³/mol. The average Bonchev–Trinajstić information content (AvgIpc) is 3.60. The smallest absolute Gasteiger partial charge is 0.0682 e. The number of hydrogen-bond donors (Lipinski definition) is 1. The average molecular weight is 792 g/mol. The molecule has 2 N–H and O–H groups in total. The molecule has 0 aromatic heterocycles. The second kappa shape index (κ2) is 17.9. The summed E-state index contributed by atoms with van der Waals surface area (Å²) in [5.41, 5.74) is 24.2. The van der Waals surface area contributed by atoms with E-state index in [0.717, 1.165) is 24.9 Å². The van der Waals surface area contributed by atoms with Crippen LogP contribution < -0.4 is 5.73 Å². The molecule has 0 radical (unpaired) electrons. The topological polar surface area (TPSA) is 26.0 Å². The van der Waals surface area contributed by atoms with Crippen LogP contribution in [0.2, 0.25) is 0 Å². The van der Waals surface area contributed by atoms with Gasteiger partial charge in [-0.1, -0.05) is 215 Å². The van der Waals surface area contributed by atoms with Crippen molar-refractivity contribution in [2.24, 2.45) is 0 Å². The van der Waals surface area contributed by atoms with E-state index in [2.05, 4.69) is 197 Å². The van der Waals surface area contributed by atoms with E-state index >= 15 is 0 Å². The van der Waals surface area contributed by atoms with E-state index in [0.29, 0.717) is 0 Å². The summed E-state index contributed by atoms with van der Waals surface area (Å²) < 4.78 is 0. The number of fused-ring (bicyclic) bond motifs is 9. The number of aryl methyl sites for hydroxylation is 1. The lowest BCUT2D eigenvalue weighted by Gasteiger charge is -2.47. The zero-order valence-corrected chi connectivity index (χ0v) is 36.3. The van der Waals surface area contributed by atoms with E-state index in [1.165, 1.54) is 77.5 Å². The third kappa shape index (κ3) is 7.89. The fourth-order valence-corrected chi connectivity index (χ4v) is 9.83. The summed E-state index contributed by atoms with van der Waals surface area (Å²) in [4.78, 5) is 0. The van der Waals surface area contributed by atoms with Crippen LogP contribution in [0.5, 0.6) is 0 Å². The van der Waals surface area contributed by atoms with Gasteiger partial charge < -0.3 is 5.73 Å². The maximum atomic E-state index is 5.36. The zero-order valence-electron chi connectivity index (χ0n) is 36.3. The van der Waals surface area contributed by atoms with Gasteiger partial charge in [0.1, 0.15) is 0 Å². The second-order valence-electron chi connectivity index (χ2n) is 16.7. The van der Waals surface area contributed by atoms with Crippen LogP contribution in [0.1, 0.15) is 90.6 Å². The Hall–Kier alpha value is -6.70. The first-order chi connectivity index (χ1) is 29.8. The third-order valence-corrected chi connectivity index (χ3v) is 12.6. The van der Waals surface area contributed by atoms with Crippen LogP contribution in [0.15, 0.2) is 212 Å². The van der Waals surface area contributed by atoms with Crippen molar-refractivity contribution in [2.75, 3.05) is 5.73 Å². The summed E-state index contributed by atoms with van der Waals surface area (Å²) in [6.45, 7) is 10.9. The van der Waals surface area contributed by atoms with Crippen LogP contribution in [0, 0.1) is 6.92 Å². The Bertz CT molecular complexity index is 2790. The summed E-state index contributed by atoms with van der Waals surface area (Å²) in [6.07, 6.45) is 7.99. The van der Waals surface area contributed by atoms with Crippen molar-refractivity contribution in [3.8, 4) is 11.1 Å². The van der Waals surface area contributed by atoms with Gasteiger partial charge in [-0.3, -0.25) is 0 Å². The van der Waals surface area contributed by atoms with Crippen molar-refractivity contribution in [3.63, 3.8) is 0 Å². The van der Waals surface area contributed by atoms with E-state index < -0.39 is 0 Å². The lowest BCUT2D eigenvalue weighted by Crippen LogP contribution is -2.41. The predicted octanol–water partition coefficient (Wildman–Crippen LogP) is 15.5. The molecule has 0 heterocycles. The van der Waals surface area contributed by atoms with Crippen LogP contribution in [0.3, 0.4) is 0 Å². The number of nitrogen functional groups attached to an aromatic ring is 1. The molecule has 0 atom stereocenters. The lowest BCUT2D eigenvalue weighted by molar-refractivity contribution is 0.550. The van der Waals surface area contributed by atoms with Gasteiger partial charge in [-0.2, -0.15) is 0 Å². The van der Waals surface area contributed by atoms with Crippen LogP contribution in [-0.2, 0) is 17.3 Å². The quantitative estimate of drug-likeness (QED) is 0.177. The molecule has 11 rings (SSSR count). The van der Waals surface area contributed by atoms with Gasteiger partial charge in [-0.15, -0.1) is 0 Å². The third-order valence-electron chi connectivity index (χ3n) is 12.6. The molecule has 302 valence electrons. The summed E-state index contributed by atoms with van der Waals surface area (Å²) in [6, 6.07) is 70.0. The monoisotopic (exact) mass is 791 g/mol. The second-order valence-corrected chi connectivity index (χ2v) is 16.7. The van der Waals surface area contributed by atoms with Gasteiger partial charge in [0.25, 0.3) is 0 Å². The van der Waals surface area contributed by atoms with Crippen molar-refractivity contribution in [2.45, 2.75) is 64.7 Å². The maximum absolute atomic E-state index is 5.36. The van der Waals surface area contributed by atoms with Crippen molar-refractivity contribution in [3.05, 3.63) is 262 Å². The molecule has 0 fully saturated rings. The first kappa shape index (κ1) is 41.1. The largest absolute Gasteiger partial charge is 0.399 e. The van der Waals surface area contributed by atoms with Crippen molar-refractivity contribution < 1.29 is 0 Å². The number of benzene rings is 8. The number of nitrogens with two attached hydrogens (primary N) is 1. The van der Waals surface area contributed by atoms with E-state index in [1.54, 1.807) is 5.57 Å². The molecule has 0 bridgehead atoms. The Labute approximate surface area is 364 Å². The van der Waals surface area contributed by atoms with Crippen LogP contribution in [0.25, 0.3) is 27.5 Å². The first-order valence-corrected chi connectivity index (χ1v) is 22.0. The minimum absolute atomic E-state index is 0.0442. The van der Waals surface area contributed by atoms with Gasteiger partial charge in [0, 0.05) is 11.1 Å². The Morgan fingerprint density at radius 2 is 1.05 bits per heavy atom. The highest BCUT2D eigenvalue weighted by molar-refractivity contribution is 5.94. The van der Waals surface area contributed by atoms with Crippen molar-refractivity contribution in [1.82, 2.24) is 0 Å². The van der Waals surface area contributed by atoms with Crippen LogP contribution >= 0.6 is 0 Å². The summed E-state index contributed by atoms with van der Waals surface area (Å²) in [7, 11) is 0. The van der Waals surface area contributed by atoms with Gasteiger partial charge >= 0.3 is 0 Å². The Morgan fingerprint density at radius 1 is 0.492 bits per heavy atom. The Kier molecular flexibility index (Phi) is 12.0. The Balaban J connectivity index is 0.000000183. The Morgan fingerprint density at radius 3 is 1.69 bits per heavy atom. The minimum atomic E-state index is -0.236. The molecule has 0 saturated carbocycles. The van der Waals surface area contributed by atoms with E-state index in [4.69, 9.17) is 5.73 Å². The highest BCUT2D eigenvalue weighted by Crippen LogP contribution is 2.63. The molecule has 0 unspecified atom stereocenters. The summed E-state index contributed by atoms with van der Waals surface area (Å²) >= 11 is 0. The van der Waals surface area contributed by atoms with Gasteiger partial charge in [0.2, 0.25) is 0 Å². The van der Waals surface area contributed by atoms with Crippen LogP contribution in [-0.4, -0.2) is 0 Å². The summed E-state index contributed by atoms with van der Waals surface area (Å²) in [5, 5.41) is 2.58. The van der Waals surface area contributed by atoms with Crippen molar-refractivity contribution >= 4 is 22.0 Å². The highest BCUT2D eigenvalue weighted by atomic mass is 14.6. The number of para-hydroxylation sites is 1. The molecule has 0 saturated heterocycles. The number of allylic oxidation sites excluding steroid dienone is 4. The molecule has 8 aromatic rings. The van der Waals surface area contributed by atoms with E-state index in [-0.39, 0.29) is 10.8 Å². The molecule has 1 nitrogen and oxygen atoms in total. The van der Waals surface area contributed by atoms with Crippen molar-refractivity contribution in [1.29, 1.82) is 0 Å². The highest BCUT2D eigenvalue weighted by Gasteiger charge is 2.53. The van der Waals surface area contributed by atoms with Gasteiger partial charge in [0.15, 0.2) is 0 Å².